The summed E-state index contributed by atoms with van der Waals surface area (Å²) >= 11 is 0. The highest BCUT2D eigenvalue weighted by Gasteiger charge is 2.60. The summed E-state index contributed by atoms with van der Waals surface area (Å²) in [6, 6.07) is 14.4. The standard InChI is InChI=1S/C22H22N2O5/c1-15-7-3-6-10-18(15)28-13-14-29-21(27)22-12-11-19(25)24(22)17-9-5-4-8-16(17)20(26)23(22)2/h3-10H,11-14H2,1-2H3. The summed E-state index contributed by atoms with van der Waals surface area (Å²) in [6.07, 6.45) is 0.362. The average Bonchev–Trinajstić information content (AvgIpc) is 3.09. The van der Waals surface area contributed by atoms with Gasteiger partial charge in [0, 0.05) is 19.9 Å². The molecular weight excluding hydrogens is 372 g/mol. The lowest BCUT2D eigenvalue weighted by Crippen LogP contribution is -2.67. The highest BCUT2D eigenvalue weighted by molar-refractivity contribution is 6.15. The van der Waals surface area contributed by atoms with Crippen LogP contribution in [0.5, 0.6) is 5.75 Å². The molecule has 1 saturated heterocycles. The van der Waals surface area contributed by atoms with Crippen LogP contribution >= 0.6 is 0 Å². The molecule has 0 radical (unpaired) electrons. The van der Waals surface area contributed by atoms with Gasteiger partial charge in [-0.15, -0.1) is 0 Å². The van der Waals surface area contributed by atoms with Gasteiger partial charge >= 0.3 is 5.97 Å². The fourth-order valence-electron chi connectivity index (χ4n) is 4.01. The van der Waals surface area contributed by atoms with E-state index >= 15 is 0 Å². The predicted octanol–water partition coefficient (Wildman–Crippen LogP) is 2.53. The highest BCUT2D eigenvalue weighted by Crippen LogP contribution is 2.44. The van der Waals surface area contributed by atoms with Crippen LogP contribution in [0.25, 0.3) is 0 Å². The molecule has 1 unspecified atom stereocenters. The van der Waals surface area contributed by atoms with Gasteiger partial charge in [0.25, 0.3) is 5.91 Å². The number of hydrogen-bond donors (Lipinski definition) is 0. The Morgan fingerprint density at radius 3 is 2.59 bits per heavy atom. The van der Waals surface area contributed by atoms with Crippen LogP contribution in [0.1, 0.15) is 28.8 Å². The lowest BCUT2D eigenvalue weighted by atomic mass is 9.97. The maximum Gasteiger partial charge on any atom is 0.353 e. The first kappa shape index (κ1) is 19.0. The van der Waals surface area contributed by atoms with Gasteiger partial charge in [0.1, 0.15) is 19.0 Å². The molecule has 1 fully saturated rings. The fourth-order valence-corrected chi connectivity index (χ4v) is 4.01. The van der Waals surface area contributed by atoms with Crippen LogP contribution < -0.4 is 9.64 Å². The van der Waals surface area contributed by atoms with Crippen molar-refractivity contribution in [3.8, 4) is 5.75 Å². The molecule has 150 valence electrons. The van der Waals surface area contributed by atoms with Gasteiger partial charge in [0.15, 0.2) is 0 Å². The van der Waals surface area contributed by atoms with E-state index in [1.165, 1.54) is 16.8 Å². The van der Waals surface area contributed by atoms with Crippen molar-refractivity contribution >= 4 is 23.5 Å². The van der Waals surface area contributed by atoms with Gasteiger partial charge in [-0.05, 0) is 30.7 Å². The molecule has 2 aliphatic heterocycles. The Labute approximate surface area is 168 Å². The minimum atomic E-state index is -1.45. The second kappa shape index (κ2) is 7.24. The van der Waals surface area contributed by atoms with Crippen LogP contribution in [0.2, 0.25) is 0 Å². The summed E-state index contributed by atoms with van der Waals surface area (Å²) in [5.41, 5.74) is 0.382. The van der Waals surface area contributed by atoms with Gasteiger partial charge < -0.3 is 14.4 Å². The molecule has 4 rings (SSSR count). The molecule has 2 heterocycles. The molecule has 7 nitrogen and oxygen atoms in total. The van der Waals surface area contributed by atoms with Crippen molar-refractivity contribution in [1.29, 1.82) is 0 Å². The number of nitrogens with zero attached hydrogens (tertiary/aromatic N) is 2. The average molecular weight is 394 g/mol. The second-order valence-corrected chi connectivity index (χ2v) is 7.18. The molecule has 1 atom stereocenters. The molecule has 2 aliphatic rings. The molecule has 7 heteroatoms. The number of anilines is 1. The van der Waals surface area contributed by atoms with Crippen molar-refractivity contribution in [3.05, 3.63) is 59.7 Å². The number of carbonyl (C=O) groups is 3. The molecule has 0 aromatic heterocycles. The first-order valence-electron chi connectivity index (χ1n) is 9.53. The Bertz CT molecular complexity index is 989. The van der Waals surface area contributed by atoms with Gasteiger partial charge in [-0.1, -0.05) is 30.3 Å². The van der Waals surface area contributed by atoms with E-state index in [4.69, 9.17) is 9.47 Å². The van der Waals surface area contributed by atoms with Crippen LogP contribution in [0.3, 0.4) is 0 Å². The lowest BCUT2D eigenvalue weighted by molar-refractivity contribution is -0.157. The molecule has 0 saturated carbocycles. The van der Waals surface area contributed by atoms with E-state index in [2.05, 4.69) is 0 Å². The SMILES string of the molecule is Cc1ccccc1OCCOC(=O)C12CCC(=O)N1c1ccccc1C(=O)N2C. The summed E-state index contributed by atoms with van der Waals surface area (Å²) < 4.78 is 11.1. The number of rotatable bonds is 5. The summed E-state index contributed by atoms with van der Waals surface area (Å²) in [5.74, 6) is -0.412. The Morgan fingerprint density at radius 1 is 1.07 bits per heavy atom. The fraction of sp³-hybridized carbons (Fsp3) is 0.318. The highest BCUT2D eigenvalue weighted by atomic mass is 16.6. The van der Waals surface area contributed by atoms with E-state index in [9.17, 15) is 14.4 Å². The molecule has 29 heavy (non-hydrogen) atoms. The van der Waals surface area contributed by atoms with Crippen molar-refractivity contribution < 1.29 is 23.9 Å². The van der Waals surface area contributed by atoms with Crippen molar-refractivity contribution in [2.45, 2.75) is 25.4 Å². The molecule has 2 aromatic rings. The Morgan fingerprint density at radius 2 is 1.79 bits per heavy atom. The van der Waals surface area contributed by atoms with Gasteiger partial charge in [-0.2, -0.15) is 0 Å². The number of amides is 2. The number of hydrogen-bond acceptors (Lipinski definition) is 5. The normalized spacial score (nSPS) is 20.3. The molecule has 0 bridgehead atoms. The Kier molecular flexibility index (Phi) is 4.74. The van der Waals surface area contributed by atoms with Crippen molar-refractivity contribution in [2.24, 2.45) is 0 Å². The van der Waals surface area contributed by atoms with E-state index in [0.717, 1.165) is 11.3 Å². The number of esters is 1. The summed E-state index contributed by atoms with van der Waals surface area (Å²) in [5, 5.41) is 0. The zero-order chi connectivity index (χ0) is 20.6. The predicted molar refractivity (Wildman–Crippen MR) is 106 cm³/mol. The molecule has 2 amide bonds. The third-order valence-electron chi connectivity index (χ3n) is 5.54. The zero-order valence-corrected chi connectivity index (χ0v) is 16.4. The van der Waals surface area contributed by atoms with Gasteiger partial charge in [-0.3, -0.25) is 14.5 Å². The van der Waals surface area contributed by atoms with Crippen LogP contribution in [-0.4, -0.2) is 48.6 Å². The number of benzene rings is 2. The first-order valence-corrected chi connectivity index (χ1v) is 9.53. The monoisotopic (exact) mass is 394 g/mol. The number of likely N-dealkylation sites (N-methyl/N-ethyl adjacent to an activating group) is 1. The minimum absolute atomic E-state index is 0.0145. The summed E-state index contributed by atoms with van der Waals surface area (Å²) in [4.78, 5) is 41.4. The van der Waals surface area contributed by atoms with E-state index in [0.29, 0.717) is 11.3 Å². The van der Waals surface area contributed by atoms with Crippen molar-refractivity contribution in [1.82, 2.24) is 4.90 Å². The summed E-state index contributed by atoms with van der Waals surface area (Å²) in [6.45, 7) is 2.12. The number of ether oxygens (including phenoxy) is 2. The number of para-hydroxylation sites is 2. The van der Waals surface area contributed by atoms with Gasteiger partial charge in [0.2, 0.25) is 11.6 Å². The topological polar surface area (TPSA) is 76.1 Å². The first-order chi connectivity index (χ1) is 14.0. The van der Waals surface area contributed by atoms with Crippen LogP contribution in [0.4, 0.5) is 5.69 Å². The van der Waals surface area contributed by atoms with Gasteiger partial charge in [-0.25, -0.2) is 4.79 Å². The number of aryl methyl sites for hydroxylation is 1. The lowest BCUT2D eigenvalue weighted by Gasteiger charge is -2.46. The van der Waals surface area contributed by atoms with E-state index in [1.807, 2.05) is 31.2 Å². The van der Waals surface area contributed by atoms with E-state index in [1.54, 1.807) is 24.3 Å². The van der Waals surface area contributed by atoms with Crippen LogP contribution in [0.15, 0.2) is 48.5 Å². The maximum absolute atomic E-state index is 13.1. The van der Waals surface area contributed by atoms with Gasteiger partial charge in [0.05, 0.1) is 11.3 Å². The number of carbonyl (C=O) groups excluding carboxylic acids is 3. The molecule has 0 N–H and O–H groups in total. The second-order valence-electron chi connectivity index (χ2n) is 7.18. The third kappa shape index (κ3) is 2.93. The number of fused-ring (bicyclic) bond motifs is 3. The minimum Gasteiger partial charge on any atom is -0.490 e. The molecule has 0 spiro atoms. The Balaban J connectivity index is 1.53. The third-order valence-corrected chi connectivity index (χ3v) is 5.54. The summed E-state index contributed by atoms with van der Waals surface area (Å²) in [7, 11) is 1.54. The largest absolute Gasteiger partial charge is 0.490 e. The molecule has 2 aromatic carbocycles. The zero-order valence-electron chi connectivity index (χ0n) is 16.4. The van der Waals surface area contributed by atoms with Crippen molar-refractivity contribution in [3.63, 3.8) is 0 Å². The van der Waals surface area contributed by atoms with Crippen LogP contribution in [0, 0.1) is 6.92 Å². The van der Waals surface area contributed by atoms with E-state index in [-0.39, 0.29) is 37.9 Å². The molecule has 0 aliphatic carbocycles. The maximum atomic E-state index is 13.1. The Hall–Kier alpha value is -3.35. The molecular formula is C22H22N2O5. The smallest absolute Gasteiger partial charge is 0.353 e. The van der Waals surface area contributed by atoms with E-state index < -0.39 is 11.6 Å². The van der Waals surface area contributed by atoms with Crippen LogP contribution in [-0.2, 0) is 14.3 Å². The quantitative estimate of drug-likeness (QED) is 0.575. The van der Waals surface area contributed by atoms with Crippen molar-refractivity contribution in [2.75, 3.05) is 25.2 Å².